The van der Waals surface area contributed by atoms with E-state index in [2.05, 4.69) is 12.2 Å². The Balaban J connectivity index is 1.22. The molecule has 4 rings (SSSR count). The van der Waals surface area contributed by atoms with E-state index in [1.54, 1.807) is 0 Å². The number of thioether (sulfide) groups is 1. The van der Waals surface area contributed by atoms with E-state index in [-0.39, 0.29) is 23.8 Å². The highest BCUT2D eigenvalue weighted by molar-refractivity contribution is 8.00. The Morgan fingerprint density at radius 3 is 2.50 bits per heavy atom. The van der Waals surface area contributed by atoms with Crippen LogP contribution in [0.1, 0.15) is 37.7 Å². The molecule has 2 aliphatic rings. The molecule has 1 fully saturated rings. The molecule has 2 aromatic rings. The lowest BCUT2D eigenvalue weighted by Crippen LogP contribution is -2.48. The summed E-state index contributed by atoms with van der Waals surface area (Å²) in [4.78, 5) is 28.4. The fourth-order valence-corrected chi connectivity index (χ4v) is 4.97. The number of benzene rings is 2. The molecule has 1 saturated heterocycles. The lowest BCUT2D eigenvalue weighted by molar-refractivity contribution is -0.134. The van der Waals surface area contributed by atoms with Crippen molar-refractivity contribution in [2.75, 3.05) is 32.1 Å². The van der Waals surface area contributed by atoms with Gasteiger partial charge in [0.1, 0.15) is 13.2 Å². The van der Waals surface area contributed by atoms with Gasteiger partial charge >= 0.3 is 0 Å². The summed E-state index contributed by atoms with van der Waals surface area (Å²) >= 11 is 1.49. The van der Waals surface area contributed by atoms with Crippen LogP contribution in [0.5, 0.6) is 11.5 Å². The highest BCUT2D eigenvalue weighted by Crippen LogP contribution is 2.34. The molecule has 0 saturated carbocycles. The summed E-state index contributed by atoms with van der Waals surface area (Å²) in [5, 5.41) is 3.13. The first-order valence-corrected chi connectivity index (χ1v) is 12.3. The van der Waals surface area contributed by atoms with E-state index in [1.165, 1.54) is 11.8 Å². The van der Waals surface area contributed by atoms with Gasteiger partial charge in [-0.05, 0) is 43.0 Å². The van der Waals surface area contributed by atoms with Crippen LogP contribution in [-0.4, -0.2) is 54.8 Å². The van der Waals surface area contributed by atoms with Crippen molar-refractivity contribution < 1.29 is 19.1 Å². The maximum Gasteiger partial charge on any atom is 0.230 e. The van der Waals surface area contributed by atoms with E-state index in [0.29, 0.717) is 32.1 Å². The van der Waals surface area contributed by atoms with Gasteiger partial charge in [-0.1, -0.05) is 37.3 Å². The predicted molar refractivity (Wildman–Crippen MR) is 125 cm³/mol. The average molecular weight is 455 g/mol. The summed E-state index contributed by atoms with van der Waals surface area (Å²) in [7, 11) is 0. The van der Waals surface area contributed by atoms with Crippen molar-refractivity contribution >= 4 is 23.6 Å². The largest absolute Gasteiger partial charge is 0.486 e. The zero-order valence-electron chi connectivity index (χ0n) is 18.4. The minimum atomic E-state index is -0.0928. The number of likely N-dealkylation sites (tertiary alicyclic amines) is 1. The molecule has 0 bridgehead atoms. The zero-order valence-corrected chi connectivity index (χ0v) is 19.2. The highest BCUT2D eigenvalue weighted by atomic mass is 32.2. The van der Waals surface area contributed by atoms with Crippen LogP contribution in [0.4, 0.5) is 0 Å². The molecule has 6 nitrogen and oxygen atoms in total. The molecule has 7 heteroatoms. The molecule has 1 atom stereocenters. The van der Waals surface area contributed by atoms with Crippen LogP contribution < -0.4 is 14.8 Å². The minimum Gasteiger partial charge on any atom is -0.486 e. The second kappa shape index (κ2) is 10.8. The number of carbonyl (C=O) groups excluding carboxylic acids is 2. The second-order valence-electron chi connectivity index (χ2n) is 8.13. The molecule has 0 radical (unpaired) electrons. The molecule has 2 heterocycles. The van der Waals surface area contributed by atoms with E-state index in [1.807, 2.05) is 53.4 Å². The lowest BCUT2D eigenvalue weighted by atomic mass is 9.93. The highest BCUT2D eigenvalue weighted by Gasteiger charge is 2.28. The summed E-state index contributed by atoms with van der Waals surface area (Å²) in [6.45, 7) is 4.54. The monoisotopic (exact) mass is 454 g/mol. The van der Waals surface area contributed by atoms with Gasteiger partial charge in [-0.15, -0.1) is 11.8 Å². The molecule has 1 unspecified atom stereocenters. The van der Waals surface area contributed by atoms with Crippen molar-refractivity contribution in [3.05, 3.63) is 54.1 Å². The SMILES string of the molecule is CCC(C(=O)N1CCC(NC(=O)CSc2ccc3c(c2)OCCO3)CC1)c1ccccc1. The van der Waals surface area contributed by atoms with Gasteiger partial charge in [-0.25, -0.2) is 0 Å². The van der Waals surface area contributed by atoms with E-state index in [9.17, 15) is 9.59 Å². The van der Waals surface area contributed by atoms with Gasteiger partial charge in [-0.2, -0.15) is 0 Å². The number of rotatable bonds is 7. The maximum atomic E-state index is 13.0. The molecular formula is C25H30N2O4S. The first-order chi connectivity index (χ1) is 15.6. The fourth-order valence-electron chi connectivity index (χ4n) is 4.23. The van der Waals surface area contributed by atoms with Gasteiger partial charge in [0.15, 0.2) is 11.5 Å². The maximum absolute atomic E-state index is 13.0. The van der Waals surface area contributed by atoms with Gasteiger partial charge in [0.25, 0.3) is 0 Å². The summed E-state index contributed by atoms with van der Waals surface area (Å²) in [5.41, 5.74) is 1.08. The zero-order chi connectivity index (χ0) is 22.3. The molecule has 2 aliphatic heterocycles. The average Bonchev–Trinajstić information content (AvgIpc) is 2.84. The number of ether oxygens (including phenoxy) is 2. The Hall–Kier alpha value is -2.67. The van der Waals surface area contributed by atoms with Crippen LogP contribution in [0.15, 0.2) is 53.4 Å². The Labute approximate surface area is 193 Å². The normalized spacial score (nSPS) is 17.0. The van der Waals surface area contributed by atoms with Crippen LogP contribution >= 0.6 is 11.8 Å². The Morgan fingerprint density at radius 1 is 1.06 bits per heavy atom. The van der Waals surface area contributed by atoms with Crippen LogP contribution in [0.25, 0.3) is 0 Å². The summed E-state index contributed by atoms with van der Waals surface area (Å²) in [6, 6.07) is 15.9. The van der Waals surface area contributed by atoms with Crippen molar-refractivity contribution in [3.63, 3.8) is 0 Å². The van der Waals surface area contributed by atoms with Crippen molar-refractivity contribution in [3.8, 4) is 11.5 Å². The molecule has 170 valence electrons. The van der Waals surface area contributed by atoms with E-state index in [4.69, 9.17) is 9.47 Å². The van der Waals surface area contributed by atoms with E-state index in [0.717, 1.165) is 41.2 Å². The van der Waals surface area contributed by atoms with Gasteiger partial charge in [0, 0.05) is 24.0 Å². The molecule has 0 aliphatic carbocycles. The number of hydrogen-bond donors (Lipinski definition) is 1. The number of nitrogens with zero attached hydrogens (tertiary/aromatic N) is 1. The summed E-state index contributed by atoms with van der Waals surface area (Å²) < 4.78 is 11.1. The molecule has 2 aromatic carbocycles. The van der Waals surface area contributed by atoms with Crippen molar-refractivity contribution in [1.82, 2.24) is 10.2 Å². The third kappa shape index (κ3) is 5.57. The molecule has 0 aromatic heterocycles. The summed E-state index contributed by atoms with van der Waals surface area (Å²) in [6.07, 6.45) is 2.37. The molecule has 1 N–H and O–H groups in total. The Morgan fingerprint density at radius 2 is 1.78 bits per heavy atom. The Bertz CT molecular complexity index is 929. The minimum absolute atomic E-state index is 0.0189. The topological polar surface area (TPSA) is 67.9 Å². The number of carbonyl (C=O) groups is 2. The molecule has 0 spiro atoms. The fraction of sp³-hybridized carbons (Fsp3) is 0.440. The molecule has 32 heavy (non-hydrogen) atoms. The number of hydrogen-bond acceptors (Lipinski definition) is 5. The molecular weight excluding hydrogens is 424 g/mol. The van der Waals surface area contributed by atoms with Crippen LogP contribution in [0.2, 0.25) is 0 Å². The number of amides is 2. The molecule has 2 amide bonds. The summed E-state index contributed by atoms with van der Waals surface area (Å²) in [5.74, 6) is 1.96. The van der Waals surface area contributed by atoms with Crippen molar-refractivity contribution in [1.29, 1.82) is 0 Å². The number of piperidine rings is 1. The van der Waals surface area contributed by atoms with Crippen molar-refractivity contribution in [2.24, 2.45) is 0 Å². The van der Waals surface area contributed by atoms with E-state index >= 15 is 0 Å². The number of nitrogens with one attached hydrogen (secondary N) is 1. The smallest absolute Gasteiger partial charge is 0.230 e. The van der Waals surface area contributed by atoms with E-state index < -0.39 is 0 Å². The van der Waals surface area contributed by atoms with Gasteiger partial charge in [0.2, 0.25) is 11.8 Å². The van der Waals surface area contributed by atoms with Crippen LogP contribution in [0.3, 0.4) is 0 Å². The second-order valence-corrected chi connectivity index (χ2v) is 9.18. The lowest BCUT2D eigenvalue weighted by Gasteiger charge is -2.34. The third-order valence-corrected chi connectivity index (χ3v) is 6.96. The standard InChI is InChI=1S/C25H30N2O4S/c1-2-21(18-6-4-3-5-7-18)25(29)27-12-10-19(11-13-27)26-24(28)17-32-20-8-9-22-23(16-20)31-15-14-30-22/h3-9,16,19,21H,2,10-15,17H2,1H3,(H,26,28). The quantitative estimate of drug-likeness (QED) is 0.644. The first kappa shape index (κ1) is 22.5. The Kier molecular flexibility index (Phi) is 7.58. The van der Waals surface area contributed by atoms with Crippen LogP contribution in [-0.2, 0) is 9.59 Å². The third-order valence-electron chi connectivity index (χ3n) is 5.96. The van der Waals surface area contributed by atoms with Gasteiger partial charge < -0.3 is 19.7 Å². The predicted octanol–water partition coefficient (Wildman–Crippen LogP) is 3.85. The van der Waals surface area contributed by atoms with Gasteiger partial charge in [-0.3, -0.25) is 9.59 Å². The first-order valence-electron chi connectivity index (χ1n) is 11.3. The number of fused-ring (bicyclic) bond motifs is 1. The van der Waals surface area contributed by atoms with Crippen LogP contribution in [0, 0.1) is 0 Å². The van der Waals surface area contributed by atoms with Crippen molar-refractivity contribution in [2.45, 2.75) is 43.0 Å². The van der Waals surface area contributed by atoms with Gasteiger partial charge in [0.05, 0.1) is 11.7 Å².